The van der Waals surface area contributed by atoms with Crippen LogP contribution in [0.25, 0.3) is 0 Å². The molecule has 0 heterocycles. The molecule has 0 aromatic carbocycles. The fourth-order valence-electron chi connectivity index (χ4n) is 0. The summed E-state index contributed by atoms with van der Waals surface area (Å²) in [6, 6.07) is 0. The van der Waals surface area contributed by atoms with E-state index in [0.717, 1.165) is 0 Å². The third kappa shape index (κ3) is 22.6. The maximum absolute atomic E-state index is 0. The van der Waals surface area contributed by atoms with Gasteiger partial charge in [0, 0.05) is 27.3 Å². The van der Waals surface area contributed by atoms with Crippen molar-refractivity contribution in [3.05, 3.63) is 0 Å². The van der Waals surface area contributed by atoms with E-state index < -0.39 is 0 Å². The zero-order valence-electron chi connectivity index (χ0n) is 9.41. The Morgan fingerprint density at radius 2 is 1.17 bits per heavy atom. The number of hydrogen-bond donors (Lipinski definition) is 0. The van der Waals surface area contributed by atoms with Crippen LogP contribution in [0.3, 0.4) is 0 Å². The Labute approximate surface area is 185 Å². The third-order valence-electron chi connectivity index (χ3n) is 0. The van der Waals surface area contributed by atoms with Crippen LogP contribution in [0.5, 0.6) is 0 Å². The van der Waals surface area contributed by atoms with Crippen molar-refractivity contribution in [2.45, 2.75) is 0 Å². The fourth-order valence-corrected chi connectivity index (χ4v) is 0. The van der Waals surface area contributed by atoms with Gasteiger partial charge in [-0.3, -0.25) is 0 Å². The molecule has 0 atom stereocenters. The molecule has 6 heteroatoms. The van der Waals surface area contributed by atoms with E-state index in [1.807, 2.05) is 0 Å². The molecular formula is H6BaCaCuOSrTl. The second kappa shape index (κ2) is 31.0. The summed E-state index contributed by atoms with van der Waals surface area (Å²) in [4.78, 5) is 0. The molecule has 0 spiro atoms. The van der Waals surface area contributed by atoms with Crippen LogP contribution in [-0.4, -0.2) is 159 Å². The summed E-state index contributed by atoms with van der Waals surface area (Å²) in [7, 11) is 0. The van der Waals surface area contributed by atoms with E-state index in [0.29, 0.717) is 0 Å². The smallest absolute Gasteiger partial charge is 2.00 e. The first-order chi connectivity index (χ1) is 0. The van der Waals surface area contributed by atoms with Gasteiger partial charge in [0.05, 0.1) is 0 Å². The topological polar surface area (TPSA) is 28.5 Å². The van der Waals surface area contributed by atoms with Crippen LogP contribution in [0.1, 0.15) is 8.56 Å². The van der Waals surface area contributed by atoms with Crippen LogP contribution < -0.4 is 0 Å². The van der Waals surface area contributed by atoms with Crippen molar-refractivity contribution < 1.29 is 31.1 Å². The van der Waals surface area contributed by atoms with Crippen LogP contribution in [0.4, 0.5) is 0 Å². The Morgan fingerprint density at radius 3 is 1.17 bits per heavy atom. The standard InChI is InChI=1S/Ba.Ca.Cu.O.Sr.Tl.6H/q3*+2;-2;+2;;6*-1. The van der Waals surface area contributed by atoms with Crippen LogP contribution in [0.2, 0.25) is 0 Å². The molecular weight excluding hydrogens is 549 g/mol. The monoisotopic (exact) mass is 556 g/mol. The molecule has 0 aliphatic rings. The molecule has 1 nitrogen and oxygen atoms in total. The molecule has 0 saturated heterocycles. The van der Waals surface area contributed by atoms with E-state index in [1.54, 1.807) is 0 Å². The minimum absolute atomic E-state index is 0. The molecule has 0 aliphatic heterocycles. The van der Waals surface area contributed by atoms with Gasteiger partial charge in [-0.2, -0.15) is 0 Å². The van der Waals surface area contributed by atoms with Gasteiger partial charge in [-0.25, -0.2) is 0 Å². The van der Waals surface area contributed by atoms with Crippen LogP contribution in [0, 0.1) is 0 Å². The largest absolute Gasteiger partial charge is 2.00 e. The minimum atomic E-state index is 0. The van der Waals surface area contributed by atoms with E-state index in [9.17, 15) is 0 Å². The van der Waals surface area contributed by atoms with Crippen molar-refractivity contribution >= 4 is 159 Å². The molecule has 2 radical (unpaired) electrons. The average molecular weight is 555 g/mol. The van der Waals surface area contributed by atoms with Gasteiger partial charge in [0.1, 0.15) is 0 Å². The van der Waals surface area contributed by atoms with Gasteiger partial charge in [-0.15, -0.1) is 0 Å². The molecule has 0 bridgehead atoms. The van der Waals surface area contributed by atoms with E-state index in [4.69, 9.17) is 0 Å². The molecule has 0 aliphatic carbocycles. The van der Waals surface area contributed by atoms with Crippen molar-refractivity contribution in [2.75, 3.05) is 0 Å². The fraction of sp³-hybridized carbons (Fsp3) is 0. The Bertz CT molecular complexity index is 27.5. The van der Waals surface area contributed by atoms with Gasteiger partial charge in [-0.05, 0) is 0 Å². The molecule has 0 amide bonds. The quantitative estimate of drug-likeness (QED) is 0.345. The number of hydrogen-bond acceptors (Lipinski definition) is 0. The van der Waals surface area contributed by atoms with Gasteiger partial charge in [0.25, 0.3) is 0 Å². The van der Waals surface area contributed by atoms with E-state index in [2.05, 4.69) is 0 Å². The zero-order chi connectivity index (χ0) is 0. The van der Waals surface area contributed by atoms with Crippen LogP contribution in [0.15, 0.2) is 0 Å². The van der Waals surface area contributed by atoms with E-state index >= 15 is 0 Å². The summed E-state index contributed by atoms with van der Waals surface area (Å²) < 4.78 is 0. The van der Waals surface area contributed by atoms with Gasteiger partial charge in [0.2, 0.25) is 0 Å². The van der Waals surface area contributed by atoms with E-state index in [1.165, 1.54) is 0 Å². The van der Waals surface area contributed by atoms with Crippen LogP contribution >= 0.6 is 0 Å². The predicted molar refractivity (Wildman–Crippen MR) is 30.4 cm³/mol. The molecule has 0 N–H and O–H groups in total. The first-order valence-electron chi connectivity index (χ1n) is 0. The zero-order valence-corrected chi connectivity index (χ0v) is 19.0. The molecule has 0 aromatic rings. The Morgan fingerprint density at radius 1 is 1.17 bits per heavy atom. The number of rotatable bonds is 0. The van der Waals surface area contributed by atoms with Gasteiger partial charge in [-0.1, -0.05) is 0 Å². The van der Waals surface area contributed by atoms with Crippen LogP contribution in [-0.2, 0) is 22.5 Å². The maximum atomic E-state index is 0. The molecule has 6 heavy (non-hydrogen) atoms. The SMILES string of the molecule is [Ba+2].[Ca+2].[Cu+2].[H-].[H-].[H-].[H-].[H-].[H-].[O-2].[Sr+2].[Tl]. The molecule has 0 unspecified atom stereocenters. The van der Waals surface area contributed by atoms with Gasteiger partial charge in [0.15, 0.2) is 0 Å². The average Bonchev–Trinajstić information content (AvgIpc) is 0. The summed E-state index contributed by atoms with van der Waals surface area (Å²) in [6.45, 7) is 0. The third-order valence-corrected chi connectivity index (χ3v) is 0. The maximum Gasteiger partial charge on any atom is 2.00 e. The Hall–Kier alpha value is 5.71. The summed E-state index contributed by atoms with van der Waals surface area (Å²) in [5.74, 6) is 0. The molecule has 0 rings (SSSR count). The minimum Gasteiger partial charge on any atom is -2.00 e. The first kappa shape index (κ1) is 41.2. The van der Waals surface area contributed by atoms with Crippen molar-refractivity contribution in [3.63, 3.8) is 0 Å². The van der Waals surface area contributed by atoms with Gasteiger partial charge < -0.3 is 14.0 Å². The molecule has 0 aromatic heterocycles. The van der Waals surface area contributed by atoms with E-state index in [-0.39, 0.29) is 191 Å². The normalized spacial score (nSPS) is 0. The Balaban J connectivity index is 0. The summed E-state index contributed by atoms with van der Waals surface area (Å²) in [5.41, 5.74) is 0. The van der Waals surface area contributed by atoms with Crippen molar-refractivity contribution in [1.29, 1.82) is 0 Å². The molecule has 32 valence electrons. The Kier molecular flexibility index (Phi) is 213. The van der Waals surface area contributed by atoms with Crippen molar-refractivity contribution in [1.82, 2.24) is 0 Å². The summed E-state index contributed by atoms with van der Waals surface area (Å²) in [6.07, 6.45) is 0. The van der Waals surface area contributed by atoms with Crippen molar-refractivity contribution in [2.24, 2.45) is 0 Å². The molecule has 0 fully saturated rings. The summed E-state index contributed by atoms with van der Waals surface area (Å²) >= 11 is 0. The second-order valence-electron chi connectivity index (χ2n) is 0. The van der Waals surface area contributed by atoms with Gasteiger partial charge >= 0.3 is 149 Å². The predicted octanol–water partition coefficient (Wildman–Crippen LogP) is -0.970. The first-order valence-corrected chi connectivity index (χ1v) is 0. The molecule has 0 saturated carbocycles. The summed E-state index contributed by atoms with van der Waals surface area (Å²) in [5, 5.41) is 0. The van der Waals surface area contributed by atoms with Crippen molar-refractivity contribution in [3.8, 4) is 0 Å². The second-order valence-corrected chi connectivity index (χ2v) is 0.